The molecule has 0 atom stereocenters. The van der Waals surface area contributed by atoms with Gasteiger partial charge in [-0.25, -0.2) is 0 Å². The molecule has 4 heteroatoms. The quantitative estimate of drug-likeness (QED) is 0.594. The van der Waals surface area contributed by atoms with Crippen molar-refractivity contribution in [3.8, 4) is 0 Å². The molecular weight excluding hydrogens is 131 g/mol. The number of nitrogens with one attached hydrogen (secondary N) is 1. The molecule has 1 nitrogen and oxygen atoms in total. The lowest BCUT2D eigenvalue weighted by Crippen LogP contribution is -2.29. The highest BCUT2D eigenvalue weighted by Crippen LogP contribution is 2.11. The van der Waals surface area contributed by atoms with Gasteiger partial charge < -0.3 is 5.32 Å². The van der Waals surface area contributed by atoms with Gasteiger partial charge in [-0.2, -0.15) is 13.2 Å². The van der Waals surface area contributed by atoms with Gasteiger partial charge >= 0.3 is 6.18 Å². The third-order valence-electron chi connectivity index (χ3n) is 0.752. The van der Waals surface area contributed by atoms with Crippen molar-refractivity contribution in [2.45, 2.75) is 19.5 Å². The summed E-state index contributed by atoms with van der Waals surface area (Å²) in [4.78, 5) is 0. The summed E-state index contributed by atoms with van der Waals surface area (Å²) in [5.74, 6) is 0. The molecule has 9 heavy (non-hydrogen) atoms. The first-order chi connectivity index (χ1) is 4.06. The number of hydrogen-bond donors (Lipinski definition) is 1. The Morgan fingerprint density at radius 2 is 2.00 bits per heavy atom. The van der Waals surface area contributed by atoms with Crippen LogP contribution in [-0.2, 0) is 0 Å². The van der Waals surface area contributed by atoms with Crippen molar-refractivity contribution >= 4 is 0 Å². The zero-order chi connectivity index (χ0) is 7.33. The molecule has 1 N–H and O–H groups in total. The summed E-state index contributed by atoms with van der Waals surface area (Å²) in [5, 5.41) is 2.25. The molecule has 0 aromatic heterocycles. The summed E-state index contributed by atoms with van der Waals surface area (Å²) in [6.07, 6.45) is -3.33. The first-order valence-electron chi connectivity index (χ1n) is 2.83. The maximum Gasteiger partial charge on any atom is 0.401 e. The monoisotopic (exact) mass is 143 g/mol. The molecule has 0 saturated heterocycles. The summed E-state index contributed by atoms with van der Waals surface area (Å²) in [6.45, 7) is 1.38. The zero-order valence-corrected chi connectivity index (χ0v) is 5.26. The lowest BCUT2D eigenvalue weighted by molar-refractivity contribution is -0.124. The second-order valence-corrected chi connectivity index (χ2v) is 1.79. The van der Waals surface area contributed by atoms with E-state index in [1.807, 2.05) is 6.92 Å². The molecule has 0 heterocycles. The van der Waals surface area contributed by atoms with Crippen LogP contribution >= 0.6 is 0 Å². The smallest absolute Gasteiger partial charge is 0.309 e. The molecule has 0 aromatic rings. The second-order valence-electron chi connectivity index (χ2n) is 1.79. The minimum Gasteiger partial charge on any atom is -0.309 e. The van der Waals surface area contributed by atoms with Crippen LogP contribution in [0.5, 0.6) is 0 Å². The third kappa shape index (κ3) is 7.75. The van der Waals surface area contributed by atoms with Crippen LogP contribution in [-0.4, -0.2) is 19.3 Å². The fourth-order valence-electron chi connectivity index (χ4n) is 0.407. The molecule has 58 valence electrons. The lowest BCUT2D eigenvalue weighted by Gasteiger charge is -2.05. The molecule has 0 amide bonds. The molecular formula is C5H12F3N. The Morgan fingerprint density at radius 3 is 2.33 bits per heavy atom. The van der Waals surface area contributed by atoms with Crippen molar-refractivity contribution in [3.05, 3.63) is 0 Å². The second kappa shape index (κ2) is 3.71. The summed E-state index contributed by atoms with van der Waals surface area (Å²) in [5.41, 5.74) is 0. The molecule has 0 radical (unpaired) electrons. The number of halogens is 3. The third-order valence-corrected chi connectivity index (χ3v) is 0.752. The van der Waals surface area contributed by atoms with Crippen molar-refractivity contribution < 1.29 is 14.6 Å². The van der Waals surface area contributed by atoms with Gasteiger partial charge in [0.15, 0.2) is 0 Å². The molecule has 0 saturated carbocycles. The highest BCUT2D eigenvalue weighted by Gasteiger charge is 2.25. The van der Waals surface area contributed by atoms with Gasteiger partial charge in [-0.15, -0.1) is 0 Å². The highest BCUT2D eigenvalue weighted by molar-refractivity contribution is 4.53. The van der Waals surface area contributed by atoms with Crippen LogP contribution in [0.4, 0.5) is 13.2 Å². The number of hydrogen-bond acceptors (Lipinski definition) is 1. The van der Waals surface area contributed by atoms with Crippen LogP contribution in [0.3, 0.4) is 0 Å². The largest absolute Gasteiger partial charge is 0.401 e. The van der Waals surface area contributed by atoms with Crippen LogP contribution in [0.25, 0.3) is 0 Å². The van der Waals surface area contributed by atoms with Gasteiger partial charge in [-0.1, -0.05) is 6.92 Å². The predicted molar refractivity (Wildman–Crippen MR) is 31.3 cm³/mol. The van der Waals surface area contributed by atoms with E-state index >= 15 is 0 Å². The maximum atomic E-state index is 11.3. The lowest BCUT2D eigenvalue weighted by atomic mass is 10.5. The van der Waals surface area contributed by atoms with Crippen molar-refractivity contribution in [2.24, 2.45) is 0 Å². The molecule has 0 aliphatic carbocycles. The first-order valence-corrected chi connectivity index (χ1v) is 2.83. The predicted octanol–water partition coefficient (Wildman–Crippen LogP) is 1.79. The maximum absolute atomic E-state index is 11.3. The van der Waals surface area contributed by atoms with E-state index in [0.717, 1.165) is 6.42 Å². The van der Waals surface area contributed by atoms with Crippen LogP contribution in [0.15, 0.2) is 0 Å². The molecule has 0 spiro atoms. The van der Waals surface area contributed by atoms with E-state index in [1.54, 1.807) is 0 Å². The minimum absolute atomic E-state index is 0. The van der Waals surface area contributed by atoms with Gasteiger partial charge in [-0.05, 0) is 13.0 Å². The highest BCUT2D eigenvalue weighted by atomic mass is 19.4. The van der Waals surface area contributed by atoms with E-state index in [0.29, 0.717) is 6.54 Å². The van der Waals surface area contributed by atoms with Gasteiger partial charge in [0.2, 0.25) is 0 Å². The molecule has 0 unspecified atom stereocenters. The summed E-state index contributed by atoms with van der Waals surface area (Å²) >= 11 is 0. The average molecular weight is 143 g/mol. The fraction of sp³-hybridized carbons (Fsp3) is 1.00. The van der Waals surface area contributed by atoms with Crippen molar-refractivity contribution in [3.63, 3.8) is 0 Å². The normalized spacial score (nSPS) is 12.0. The standard InChI is InChI=1S/C5H10F3N.H2/c1-2-3-9-4-5(6,7)8;/h9H,2-4H2,1H3;1H. The number of rotatable bonds is 3. The van der Waals surface area contributed by atoms with Gasteiger partial charge in [0.05, 0.1) is 6.54 Å². The topological polar surface area (TPSA) is 12.0 Å². The molecule has 0 aromatic carbocycles. The van der Waals surface area contributed by atoms with Crippen molar-refractivity contribution in [1.82, 2.24) is 5.32 Å². The van der Waals surface area contributed by atoms with E-state index in [-0.39, 0.29) is 1.43 Å². The Labute approximate surface area is 53.7 Å². The van der Waals surface area contributed by atoms with Crippen LogP contribution in [0.2, 0.25) is 0 Å². The zero-order valence-electron chi connectivity index (χ0n) is 5.26. The average Bonchev–Trinajstić information content (AvgIpc) is 1.63. The Kier molecular flexibility index (Phi) is 3.61. The van der Waals surface area contributed by atoms with E-state index in [4.69, 9.17) is 0 Å². The summed E-state index contributed by atoms with van der Waals surface area (Å²) < 4.78 is 33.9. The molecule has 0 aliphatic heterocycles. The van der Waals surface area contributed by atoms with E-state index in [2.05, 4.69) is 5.32 Å². The van der Waals surface area contributed by atoms with Crippen LogP contribution in [0.1, 0.15) is 14.8 Å². The molecule has 0 rings (SSSR count). The summed E-state index contributed by atoms with van der Waals surface area (Å²) in [7, 11) is 0. The van der Waals surface area contributed by atoms with Crippen molar-refractivity contribution in [1.29, 1.82) is 0 Å². The molecule has 0 bridgehead atoms. The SMILES string of the molecule is CCCNCC(F)(F)F.[HH]. The molecule has 0 aliphatic rings. The van der Waals surface area contributed by atoms with Crippen molar-refractivity contribution in [2.75, 3.05) is 13.1 Å². The van der Waals surface area contributed by atoms with E-state index in [9.17, 15) is 13.2 Å². The molecule has 0 fully saturated rings. The van der Waals surface area contributed by atoms with E-state index in [1.165, 1.54) is 0 Å². The Balaban J connectivity index is 0. The fourth-order valence-corrected chi connectivity index (χ4v) is 0.407. The van der Waals surface area contributed by atoms with Crippen LogP contribution < -0.4 is 5.32 Å². The number of alkyl halides is 3. The van der Waals surface area contributed by atoms with E-state index < -0.39 is 12.7 Å². The Hall–Kier alpha value is -0.250. The first kappa shape index (κ1) is 8.75. The van der Waals surface area contributed by atoms with Gasteiger partial charge in [0, 0.05) is 1.43 Å². The van der Waals surface area contributed by atoms with Gasteiger partial charge in [0.1, 0.15) is 0 Å². The van der Waals surface area contributed by atoms with Crippen LogP contribution in [0, 0.1) is 0 Å². The Morgan fingerprint density at radius 1 is 1.44 bits per heavy atom. The minimum atomic E-state index is -4.06. The summed E-state index contributed by atoms with van der Waals surface area (Å²) in [6, 6.07) is 0. The Bertz CT molecular complexity index is 73.8. The van der Waals surface area contributed by atoms with Gasteiger partial charge in [-0.3, -0.25) is 0 Å². The van der Waals surface area contributed by atoms with Gasteiger partial charge in [0.25, 0.3) is 0 Å².